The number of rotatable bonds is 10. The highest BCUT2D eigenvalue weighted by Crippen LogP contribution is 2.45. The number of hydrogen-bond acceptors (Lipinski definition) is 7. The molecule has 0 N–H and O–H groups in total. The van der Waals surface area contributed by atoms with Crippen LogP contribution in [0.5, 0.6) is 11.5 Å². The van der Waals surface area contributed by atoms with E-state index in [0.29, 0.717) is 31.0 Å². The van der Waals surface area contributed by atoms with Crippen LogP contribution in [0.25, 0.3) is 0 Å². The predicted octanol–water partition coefficient (Wildman–Crippen LogP) is 3.61. The maximum absolute atomic E-state index is 13.5. The summed E-state index contributed by atoms with van der Waals surface area (Å²) >= 11 is 0. The lowest BCUT2D eigenvalue weighted by molar-refractivity contribution is 0.325. The number of likely N-dealkylation sites (N-methyl/N-ethyl adjacent to an activating group) is 1. The molecule has 0 spiro atoms. The Labute approximate surface area is 213 Å². The molecule has 7 nitrogen and oxygen atoms in total. The first kappa shape index (κ1) is 29.4. The maximum Gasteiger partial charge on any atom is 0.198 e. The van der Waals surface area contributed by atoms with Crippen LogP contribution in [0.4, 0.5) is 4.39 Å². The first-order valence-electron chi connectivity index (χ1n) is 11.2. The summed E-state index contributed by atoms with van der Waals surface area (Å²) in [5.74, 6) is 0.369. The molecule has 0 bridgehead atoms. The lowest BCUT2D eigenvalue weighted by Crippen LogP contribution is -2.50. The fourth-order valence-electron chi connectivity index (χ4n) is 4.53. The Balaban J connectivity index is 0.00000432. The maximum atomic E-state index is 13.5. The van der Waals surface area contributed by atoms with Crippen LogP contribution in [0, 0.1) is 5.82 Å². The minimum atomic E-state index is -3.98. The molecule has 0 amide bonds. The highest BCUT2D eigenvalue weighted by Gasteiger charge is 2.57. The van der Waals surface area contributed by atoms with Crippen molar-refractivity contribution in [3.05, 3.63) is 59.4 Å². The zero-order valence-electron chi connectivity index (χ0n) is 20.2. The van der Waals surface area contributed by atoms with Gasteiger partial charge in [-0.15, -0.1) is 12.4 Å². The lowest BCUT2D eigenvalue weighted by atomic mass is 10.1. The number of nitrogens with zero attached hydrogens (tertiary/aromatic N) is 1. The number of halogens is 2. The van der Waals surface area contributed by atoms with Gasteiger partial charge in [-0.05, 0) is 74.7 Å². The third kappa shape index (κ3) is 6.10. The monoisotopic (exact) mass is 549 g/mol. The van der Waals surface area contributed by atoms with Gasteiger partial charge in [-0.1, -0.05) is 18.2 Å². The summed E-state index contributed by atoms with van der Waals surface area (Å²) in [6, 6.07) is 10.5. The summed E-state index contributed by atoms with van der Waals surface area (Å²) in [7, 11) is -2.89. The van der Waals surface area contributed by atoms with Crippen LogP contribution in [0.2, 0.25) is 0 Å². The van der Waals surface area contributed by atoms with Crippen molar-refractivity contribution in [3.8, 4) is 11.5 Å². The lowest BCUT2D eigenvalue weighted by Gasteiger charge is -2.37. The first-order chi connectivity index (χ1) is 16.1. The van der Waals surface area contributed by atoms with Crippen LogP contribution in [0.3, 0.4) is 0 Å². The molecule has 0 unspecified atom stereocenters. The topological polar surface area (TPSA) is 90.0 Å². The van der Waals surface area contributed by atoms with Gasteiger partial charge in [-0.25, -0.2) is 21.2 Å². The van der Waals surface area contributed by atoms with Crippen molar-refractivity contribution in [2.24, 2.45) is 0 Å². The van der Waals surface area contributed by atoms with Crippen molar-refractivity contribution in [2.45, 2.75) is 29.8 Å². The Morgan fingerprint density at radius 2 is 1.51 bits per heavy atom. The molecule has 0 saturated carbocycles. The van der Waals surface area contributed by atoms with Gasteiger partial charge in [-0.3, -0.25) is 0 Å². The van der Waals surface area contributed by atoms with Crippen LogP contribution >= 0.6 is 12.4 Å². The number of ether oxygens (including phenoxy) is 2. The summed E-state index contributed by atoms with van der Waals surface area (Å²) in [5.41, 5.74) is 1.19. The van der Waals surface area contributed by atoms with E-state index in [-0.39, 0.29) is 42.3 Å². The smallest absolute Gasteiger partial charge is 0.198 e. The Morgan fingerprint density at radius 3 is 2.09 bits per heavy atom. The van der Waals surface area contributed by atoms with Gasteiger partial charge >= 0.3 is 0 Å². The second kappa shape index (κ2) is 11.9. The molecule has 0 atom stereocenters. The number of benzene rings is 2. The van der Waals surface area contributed by atoms with Gasteiger partial charge in [0.1, 0.15) is 5.82 Å². The molecule has 2 aromatic carbocycles. The van der Waals surface area contributed by atoms with Crippen LogP contribution in [0.15, 0.2) is 42.5 Å². The van der Waals surface area contributed by atoms with E-state index in [2.05, 4.69) is 0 Å². The molecule has 2 aromatic rings. The average Bonchev–Trinajstić information content (AvgIpc) is 2.79. The van der Waals surface area contributed by atoms with E-state index in [1.54, 1.807) is 14.2 Å². The second-order valence-electron chi connectivity index (χ2n) is 8.60. The molecule has 35 heavy (non-hydrogen) atoms. The minimum Gasteiger partial charge on any atom is -0.493 e. The SMILES string of the molecule is COc1ccc(CCN(C)CCCC2(c3ccc(F)cc3)S(=O)(=O)CCCS2(=O)=O)cc1OC.Cl. The van der Waals surface area contributed by atoms with E-state index in [1.165, 1.54) is 12.1 Å². The average molecular weight is 550 g/mol. The first-order valence-corrected chi connectivity index (χ1v) is 14.5. The molecule has 11 heteroatoms. The highest BCUT2D eigenvalue weighted by molar-refractivity contribution is 8.10. The fraction of sp³-hybridized carbons (Fsp3) is 0.500. The number of methoxy groups -OCH3 is 2. The molecule has 0 aromatic heterocycles. The molecular formula is C24H33ClFNO6S2. The second-order valence-corrected chi connectivity index (χ2v) is 13.5. The van der Waals surface area contributed by atoms with E-state index in [0.717, 1.165) is 24.1 Å². The zero-order valence-corrected chi connectivity index (χ0v) is 22.6. The van der Waals surface area contributed by atoms with Crippen LogP contribution in [-0.4, -0.2) is 67.6 Å². The molecule has 1 aliphatic heterocycles. The van der Waals surface area contributed by atoms with Crippen molar-refractivity contribution < 1.29 is 30.7 Å². The Morgan fingerprint density at radius 1 is 0.914 bits per heavy atom. The van der Waals surface area contributed by atoms with E-state index in [1.807, 2.05) is 30.1 Å². The molecule has 3 rings (SSSR count). The largest absolute Gasteiger partial charge is 0.493 e. The van der Waals surface area contributed by atoms with Crippen molar-refractivity contribution in [1.29, 1.82) is 0 Å². The molecule has 0 aliphatic carbocycles. The minimum absolute atomic E-state index is 0. The van der Waals surface area contributed by atoms with Gasteiger partial charge in [0.15, 0.2) is 35.3 Å². The van der Waals surface area contributed by atoms with Gasteiger partial charge in [0.2, 0.25) is 0 Å². The summed E-state index contributed by atoms with van der Waals surface area (Å²) in [4.78, 5) is 2.04. The highest BCUT2D eigenvalue weighted by atomic mass is 35.5. The van der Waals surface area contributed by atoms with Gasteiger partial charge in [-0.2, -0.15) is 0 Å². The third-order valence-electron chi connectivity index (χ3n) is 6.39. The Hall–Kier alpha value is -1.88. The summed E-state index contributed by atoms with van der Waals surface area (Å²) in [6.45, 7) is 1.21. The molecule has 0 radical (unpaired) electrons. The fourth-order valence-corrected chi connectivity index (χ4v) is 10.4. The predicted molar refractivity (Wildman–Crippen MR) is 137 cm³/mol. The van der Waals surface area contributed by atoms with E-state index >= 15 is 0 Å². The van der Waals surface area contributed by atoms with Crippen molar-refractivity contribution in [3.63, 3.8) is 0 Å². The van der Waals surface area contributed by atoms with Crippen molar-refractivity contribution in [1.82, 2.24) is 4.90 Å². The van der Waals surface area contributed by atoms with Crippen LogP contribution in [-0.2, 0) is 30.2 Å². The van der Waals surface area contributed by atoms with E-state index < -0.39 is 29.6 Å². The molecule has 196 valence electrons. The van der Waals surface area contributed by atoms with Gasteiger partial charge in [0.05, 0.1) is 25.7 Å². The molecule has 1 aliphatic rings. The van der Waals surface area contributed by atoms with Gasteiger partial charge in [0, 0.05) is 6.54 Å². The van der Waals surface area contributed by atoms with Crippen LogP contribution in [0.1, 0.15) is 30.4 Å². The standard InChI is InChI=1S/C24H32FNO6S2.ClH/c1-26(15-12-19-6-11-22(31-2)23(18-19)32-3)14-4-13-24(20-7-9-21(25)10-8-20)33(27,28)16-5-17-34(24,29)30;/h6-11,18H,4-5,12-17H2,1-3H3;1H. The molecule has 1 fully saturated rings. The zero-order chi connectivity index (χ0) is 25.0. The van der Waals surface area contributed by atoms with Crippen molar-refractivity contribution >= 4 is 32.1 Å². The van der Waals surface area contributed by atoms with E-state index in [4.69, 9.17) is 9.47 Å². The molecular weight excluding hydrogens is 517 g/mol. The van der Waals surface area contributed by atoms with E-state index in [9.17, 15) is 21.2 Å². The number of hydrogen-bond donors (Lipinski definition) is 0. The third-order valence-corrected chi connectivity index (χ3v) is 12.5. The summed E-state index contributed by atoms with van der Waals surface area (Å²) in [6.07, 6.45) is 1.11. The van der Waals surface area contributed by atoms with Crippen LogP contribution < -0.4 is 9.47 Å². The van der Waals surface area contributed by atoms with Crippen molar-refractivity contribution in [2.75, 3.05) is 45.9 Å². The summed E-state index contributed by atoms with van der Waals surface area (Å²) in [5, 5.41) is 0. The normalized spacial score (nSPS) is 18.0. The Bertz CT molecular complexity index is 1170. The number of sulfone groups is 2. The molecule has 1 heterocycles. The summed E-state index contributed by atoms with van der Waals surface area (Å²) < 4.78 is 74.9. The van der Waals surface area contributed by atoms with Gasteiger partial charge < -0.3 is 14.4 Å². The quantitative estimate of drug-likeness (QED) is 0.447. The van der Waals surface area contributed by atoms with Gasteiger partial charge in [0.25, 0.3) is 0 Å². The molecule has 1 saturated heterocycles. The Kier molecular flexibility index (Phi) is 9.98.